The Labute approximate surface area is 124 Å². The summed E-state index contributed by atoms with van der Waals surface area (Å²) in [7, 11) is 0. The van der Waals surface area contributed by atoms with Gasteiger partial charge in [-0.2, -0.15) is 0 Å². The van der Waals surface area contributed by atoms with Gasteiger partial charge >= 0.3 is 0 Å². The van der Waals surface area contributed by atoms with Gasteiger partial charge in [-0.05, 0) is 12.1 Å². The maximum Gasteiger partial charge on any atom is 0.234 e. The second kappa shape index (κ2) is 4.30. The Morgan fingerprint density at radius 2 is 1.57 bits per heavy atom. The van der Waals surface area contributed by atoms with E-state index in [0.29, 0.717) is 33.7 Å². The molecule has 0 aromatic heterocycles. The van der Waals surface area contributed by atoms with Gasteiger partial charge in [0.15, 0.2) is 11.6 Å². The summed E-state index contributed by atoms with van der Waals surface area (Å²) in [4.78, 5) is 37.7. The number of fused-ring (bicyclic) bond motifs is 4. The minimum absolute atomic E-state index is 0.153. The van der Waals surface area contributed by atoms with E-state index in [0.717, 1.165) is 4.90 Å². The van der Waals surface area contributed by atoms with Crippen molar-refractivity contribution in [1.29, 1.82) is 0 Å². The number of anilines is 1. The summed E-state index contributed by atoms with van der Waals surface area (Å²) in [5, 5.41) is 2.74. The highest BCUT2D eigenvalue weighted by Gasteiger charge is 2.34. The number of thioether (sulfide) groups is 1. The second-order valence-corrected chi connectivity index (χ2v) is 5.92. The number of rotatable bonds is 0. The molecular weight excluding hydrogens is 286 g/mol. The summed E-state index contributed by atoms with van der Waals surface area (Å²) in [6.45, 7) is 0. The summed E-state index contributed by atoms with van der Waals surface area (Å²) in [6, 6.07) is 10.2. The minimum atomic E-state index is -0.208. The van der Waals surface area contributed by atoms with Crippen LogP contribution in [0.15, 0.2) is 41.3 Å². The lowest BCUT2D eigenvalue weighted by atomic mass is 9.83. The van der Waals surface area contributed by atoms with Crippen LogP contribution in [0, 0.1) is 0 Å². The molecule has 4 nitrogen and oxygen atoms in total. The van der Waals surface area contributed by atoms with Crippen molar-refractivity contribution in [2.24, 2.45) is 0 Å². The Morgan fingerprint density at radius 3 is 2.33 bits per heavy atom. The van der Waals surface area contributed by atoms with Crippen LogP contribution in [0.25, 0.3) is 0 Å². The van der Waals surface area contributed by atoms with Crippen LogP contribution in [0.4, 0.5) is 5.69 Å². The molecule has 1 amide bonds. The van der Waals surface area contributed by atoms with Gasteiger partial charge in [-0.1, -0.05) is 24.3 Å². The molecule has 2 aromatic rings. The van der Waals surface area contributed by atoms with Crippen LogP contribution in [0.2, 0.25) is 0 Å². The van der Waals surface area contributed by atoms with Crippen LogP contribution in [-0.4, -0.2) is 23.2 Å². The molecule has 1 N–H and O–H groups in total. The van der Waals surface area contributed by atoms with Gasteiger partial charge in [0.1, 0.15) is 0 Å². The van der Waals surface area contributed by atoms with E-state index >= 15 is 0 Å². The fraction of sp³-hybridized carbons (Fsp3) is 0.0625. The highest BCUT2D eigenvalue weighted by Crippen LogP contribution is 2.40. The van der Waals surface area contributed by atoms with Gasteiger partial charge in [0, 0.05) is 21.6 Å². The van der Waals surface area contributed by atoms with E-state index in [1.54, 1.807) is 36.4 Å². The van der Waals surface area contributed by atoms with Gasteiger partial charge in [-0.3, -0.25) is 14.4 Å². The molecule has 4 rings (SSSR count). The van der Waals surface area contributed by atoms with Crippen LogP contribution in [0.1, 0.15) is 31.8 Å². The number of hydrogen-bond donors (Lipinski definition) is 1. The fourth-order valence-corrected chi connectivity index (χ4v) is 3.55. The van der Waals surface area contributed by atoms with E-state index in [-0.39, 0.29) is 17.5 Å². The Balaban J connectivity index is 2.01. The Bertz CT molecular complexity index is 841. The molecule has 0 spiro atoms. The maximum absolute atomic E-state index is 12.7. The molecule has 0 saturated carbocycles. The smallest absolute Gasteiger partial charge is 0.234 e. The molecule has 2 aromatic carbocycles. The van der Waals surface area contributed by atoms with Crippen LogP contribution in [0.3, 0.4) is 0 Å². The normalized spacial score (nSPS) is 15.9. The fourth-order valence-electron chi connectivity index (χ4n) is 2.73. The molecule has 1 aliphatic carbocycles. The van der Waals surface area contributed by atoms with E-state index in [2.05, 4.69) is 5.32 Å². The third-order valence-corrected chi connectivity index (χ3v) is 4.74. The molecular formula is C16H9NO3S. The molecule has 2 aliphatic rings. The van der Waals surface area contributed by atoms with E-state index in [4.69, 9.17) is 0 Å². The average molecular weight is 295 g/mol. The molecule has 5 heteroatoms. The number of nitrogens with one attached hydrogen (secondary N) is 1. The SMILES string of the molecule is O=C1CSc2ccc3c(c2N1)C(=O)c1ccccc1C3=O. The summed E-state index contributed by atoms with van der Waals surface area (Å²) >= 11 is 1.38. The predicted octanol–water partition coefficient (Wildman–Crippen LogP) is 2.51. The molecule has 0 fully saturated rings. The average Bonchev–Trinajstić information content (AvgIpc) is 2.51. The Kier molecular flexibility index (Phi) is 2.53. The molecule has 0 atom stereocenters. The van der Waals surface area contributed by atoms with Crippen molar-refractivity contribution in [3.05, 3.63) is 58.7 Å². The third kappa shape index (κ3) is 1.67. The number of carbonyl (C=O) groups excluding carboxylic acids is 3. The van der Waals surface area contributed by atoms with E-state index in [1.165, 1.54) is 11.8 Å². The topological polar surface area (TPSA) is 63.2 Å². The maximum atomic E-state index is 12.7. The Morgan fingerprint density at radius 1 is 0.857 bits per heavy atom. The first-order chi connectivity index (χ1) is 10.2. The molecule has 102 valence electrons. The van der Waals surface area contributed by atoms with E-state index < -0.39 is 0 Å². The second-order valence-electron chi connectivity index (χ2n) is 4.90. The molecule has 1 aliphatic heterocycles. The number of ketones is 2. The van der Waals surface area contributed by atoms with Crippen LogP contribution in [0.5, 0.6) is 0 Å². The summed E-state index contributed by atoms with van der Waals surface area (Å²) in [6.07, 6.45) is 0. The number of amides is 1. The van der Waals surface area contributed by atoms with Crippen molar-refractivity contribution in [3.8, 4) is 0 Å². The molecule has 0 bridgehead atoms. The van der Waals surface area contributed by atoms with Gasteiger partial charge in [-0.15, -0.1) is 11.8 Å². The van der Waals surface area contributed by atoms with Crippen molar-refractivity contribution in [1.82, 2.24) is 0 Å². The first kappa shape index (κ1) is 12.3. The van der Waals surface area contributed by atoms with Gasteiger partial charge in [0.2, 0.25) is 5.91 Å². The van der Waals surface area contributed by atoms with Gasteiger partial charge in [-0.25, -0.2) is 0 Å². The molecule has 0 saturated heterocycles. The molecule has 0 unspecified atom stereocenters. The Hall–Kier alpha value is -2.40. The summed E-state index contributed by atoms with van der Waals surface area (Å²) < 4.78 is 0. The van der Waals surface area contributed by atoms with Gasteiger partial charge in [0.25, 0.3) is 0 Å². The van der Waals surface area contributed by atoms with Crippen molar-refractivity contribution < 1.29 is 14.4 Å². The summed E-state index contributed by atoms with van der Waals surface area (Å²) in [5.41, 5.74) is 1.97. The zero-order valence-corrected chi connectivity index (χ0v) is 11.6. The number of carbonyl (C=O) groups is 3. The predicted molar refractivity (Wildman–Crippen MR) is 79.1 cm³/mol. The largest absolute Gasteiger partial charge is 0.324 e. The van der Waals surface area contributed by atoms with Gasteiger partial charge < -0.3 is 5.32 Å². The van der Waals surface area contributed by atoms with E-state index in [9.17, 15) is 14.4 Å². The minimum Gasteiger partial charge on any atom is -0.324 e. The summed E-state index contributed by atoms with van der Waals surface area (Å²) in [5.74, 6) is -0.211. The highest BCUT2D eigenvalue weighted by atomic mass is 32.2. The zero-order valence-electron chi connectivity index (χ0n) is 10.8. The van der Waals surface area contributed by atoms with Crippen LogP contribution in [-0.2, 0) is 4.79 Å². The van der Waals surface area contributed by atoms with E-state index in [1.807, 2.05) is 0 Å². The molecule has 0 radical (unpaired) electrons. The number of hydrogen-bond acceptors (Lipinski definition) is 4. The van der Waals surface area contributed by atoms with Crippen molar-refractivity contribution >= 4 is 34.9 Å². The monoisotopic (exact) mass is 295 g/mol. The van der Waals surface area contributed by atoms with Crippen molar-refractivity contribution in [2.75, 3.05) is 11.1 Å². The zero-order chi connectivity index (χ0) is 14.6. The van der Waals surface area contributed by atoms with Crippen LogP contribution < -0.4 is 5.32 Å². The van der Waals surface area contributed by atoms with Crippen molar-refractivity contribution in [3.63, 3.8) is 0 Å². The standard InChI is InChI=1S/C16H9NO3S/c18-12-7-21-11-6-5-10-13(14(11)17-12)16(20)9-4-2-1-3-8(9)15(10)19/h1-6H,7H2,(H,17,18). The van der Waals surface area contributed by atoms with Crippen LogP contribution >= 0.6 is 11.8 Å². The third-order valence-electron chi connectivity index (χ3n) is 3.68. The lowest BCUT2D eigenvalue weighted by molar-refractivity contribution is -0.113. The first-order valence-corrected chi connectivity index (χ1v) is 7.43. The molecule has 1 heterocycles. The quantitative estimate of drug-likeness (QED) is 0.692. The first-order valence-electron chi connectivity index (χ1n) is 6.45. The lowest BCUT2D eigenvalue weighted by Gasteiger charge is -2.24. The van der Waals surface area contributed by atoms with Crippen molar-refractivity contribution in [2.45, 2.75) is 4.90 Å². The highest BCUT2D eigenvalue weighted by molar-refractivity contribution is 8.00. The molecule has 21 heavy (non-hydrogen) atoms. The van der Waals surface area contributed by atoms with Gasteiger partial charge in [0.05, 0.1) is 17.0 Å². The number of benzene rings is 2. The lowest BCUT2D eigenvalue weighted by Crippen LogP contribution is -2.26.